The second kappa shape index (κ2) is 10.6. The van der Waals surface area contributed by atoms with Gasteiger partial charge in [-0.2, -0.15) is 11.3 Å². The van der Waals surface area contributed by atoms with Crippen molar-refractivity contribution in [2.45, 2.75) is 111 Å². The third-order valence-corrected chi connectivity index (χ3v) is 12.9. The third-order valence-electron chi connectivity index (χ3n) is 11.3. The first-order chi connectivity index (χ1) is 25.0. The van der Waals surface area contributed by atoms with Crippen LogP contribution in [0, 0.1) is 6.92 Å². The normalized spacial score (nSPS) is 18.8. The monoisotopic (exact) mass is 667 g/mol. The number of rotatable bonds is 2. The summed E-state index contributed by atoms with van der Waals surface area (Å²) in [5, 5.41) is 0. The molecule has 3 heterocycles. The van der Waals surface area contributed by atoms with Gasteiger partial charge in [0.1, 0.15) is 0 Å². The van der Waals surface area contributed by atoms with Gasteiger partial charge in [-0.05, 0) is 117 Å². The smallest absolute Gasteiger partial charge is 0.264 e. The van der Waals surface area contributed by atoms with Crippen LogP contribution < -0.4 is 25.5 Å². The Morgan fingerprint density at radius 3 is 1.92 bits per heavy atom. The molecule has 0 N–H and O–H groups in total. The highest BCUT2D eigenvalue weighted by Gasteiger charge is 2.50. The van der Waals surface area contributed by atoms with Gasteiger partial charge in [0.15, 0.2) is 0 Å². The summed E-state index contributed by atoms with van der Waals surface area (Å²) in [7, 11) is 0. The first-order valence-corrected chi connectivity index (χ1v) is 18.6. The molecule has 0 spiro atoms. The fourth-order valence-electron chi connectivity index (χ4n) is 8.36. The predicted octanol–water partition coefficient (Wildman–Crippen LogP) is 11.1. The van der Waals surface area contributed by atoms with E-state index < -0.39 is 0 Å². The molecule has 2 nitrogen and oxygen atoms in total. The fraction of sp³-hybridized carbons (Fsp3) is 0.378. The zero-order chi connectivity index (χ0) is 39.2. The second-order valence-corrected chi connectivity index (χ2v) is 19.0. The molecule has 5 aromatic rings. The van der Waals surface area contributed by atoms with Crippen molar-refractivity contribution < 1.29 is 6.85 Å². The quantitative estimate of drug-likeness (QED) is 0.169. The summed E-state index contributed by atoms with van der Waals surface area (Å²) in [6, 6.07) is 19.0. The van der Waals surface area contributed by atoms with Gasteiger partial charge in [-0.25, -0.2) is 0 Å². The number of hydrogen-bond acceptors (Lipinski definition) is 3. The first-order valence-electron chi connectivity index (χ1n) is 20.3. The van der Waals surface area contributed by atoms with E-state index in [1.807, 2.05) is 11.3 Å². The Morgan fingerprint density at radius 1 is 0.694 bits per heavy atom. The number of para-hydroxylation sites is 1. The van der Waals surface area contributed by atoms with E-state index in [4.69, 9.17) is 4.11 Å². The maximum atomic E-state index is 9.38. The summed E-state index contributed by atoms with van der Waals surface area (Å²) >= 11 is 1.88. The Balaban J connectivity index is 1.55. The summed E-state index contributed by atoms with van der Waals surface area (Å²) in [6.07, 6.45) is 2.04. The highest BCUT2D eigenvalue weighted by atomic mass is 32.1. The van der Waals surface area contributed by atoms with E-state index in [-0.39, 0.29) is 64.3 Å². The van der Waals surface area contributed by atoms with Crippen LogP contribution in [-0.4, -0.2) is 6.71 Å². The molecule has 1 aliphatic carbocycles. The van der Waals surface area contributed by atoms with Crippen LogP contribution in [-0.2, 0) is 21.7 Å². The van der Waals surface area contributed by atoms with Gasteiger partial charge in [-0.15, -0.1) is 0 Å². The number of thiophene rings is 1. The van der Waals surface area contributed by atoms with Crippen LogP contribution >= 0.6 is 11.3 Å². The molecular weight excluding hydrogens is 611 g/mol. The molecule has 0 radical (unpaired) electrons. The average Bonchev–Trinajstić information content (AvgIpc) is 3.51. The molecule has 1 aromatic heterocycles. The van der Waals surface area contributed by atoms with Crippen LogP contribution in [0.25, 0.3) is 0 Å². The maximum Gasteiger partial charge on any atom is 0.264 e. The average molecular weight is 668 g/mol. The first kappa shape index (κ1) is 27.0. The summed E-state index contributed by atoms with van der Waals surface area (Å²) in [5.74, 6) is 0. The summed E-state index contributed by atoms with van der Waals surface area (Å²) in [5.41, 5.74) is 12.1. The minimum atomic E-state index is -0.377. The van der Waals surface area contributed by atoms with E-state index in [1.165, 1.54) is 31.8 Å². The molecule has 2 aliphatic heterocycles. The Hall–Kier alpha value is -3.76. The molecule has 8 rings (SSSR count). The van der Waals surface area contributed by atoms with Crippen molar-refractivity contribution in [3.63, 3.8) is 0 Å². The molecule has 0 fully saturated rings. The van der Waals surface area contributed by atoms with Crippen molar-refractivity contribution >= 4 is 67.9 Å². The zero-order valence-corrected chi connectivity index (χ0v) is 31.8. The lowest BCUT2D eigenvalue weighted by Crippen LogP contribution is -2.60. The van der Waals surface area contributed by atoms with E-state index in [0.717, 1.165) is 52.3 Å². The van der Waals surface area contributed by atoms with Crippen LogP contribution in [0.1, 0.15) is 116 Å². The standard InChI is InChI=1S/C45H51BN2S/c1-28-25-35-38-36(26-28)48(31-15-13-12-14-16-31)39-37-40(45(10,11)24-23-44(37,8)9)49-41(39)46(38)33-27-30(43(5,6)7)19-22-34(33)47(35)32-20-17-29(18-21-32)42(2,3)4/h12-22,25-27H,23-24H2,1-11H3/i12D,13D,14D,15D,16D. The van der Waals surface area contributed by atoms with Gasteiger partial charge in [-0.1, -0.05) is 112 Å². The van der Waals surface area contributed by atoms with Gasteiger partial charge in [0.2, 0.25) is 0 Å². The maximum absolute atomic E-state index is 9.38. The molecule has 0 bridgehead atoms. The predicted molar refractivity (Wildman–Crippen MR) is 216 cm³/mol. The number of anilines is 6. The van der Waals surface area contributed by atoms with Crippen molar-refractivity contribution in [2.75, 3.05) is 9.80 Å². The van der Waals surface area contributed by atoms with Gasteiger partial charge in [-0.3, -0.25) is 0 Å². The van der Waals surface area contributed by atoms with Crippen molar-refractivity contribution in [1.29, 1.82) is 0 Å². The van der Waals surface area contributed by atoms with Crippen molar-refractivity contribution in [2.24, 2.45) is 0 Å². The van der Waals surface area contributed by atoms with E-state index >= 15 is 0 Å². The third kappa shape index (κ3) is 4.95. The molecule has 0 amide bonds. The van der Waals surface area contributed by atoms with Gasteiger partial charge >= 0.3 is 0 Å². The zero-order valence-electron chi connectivity index (χ0n) is 36.0. The van der Waals surface area contributed by atoms with Crippen LogP contribution in [0.3, 0.4) is 0 Å². The second-order valence-electron chi connectivity index (χ2n) is 17.9. The number of nitrogens with zero attached hydrogens (tertiary/aromatic N) is 2. The van der Waals surface area contributed by atoms with Crippen LogP contribution in [0.5, 0.6) is 0 Å². The number of fused-ring (bicyclic) bond motifs is 6. The molecule has 4 aromatic carbocycles. The molecule has 0 atom stereocenters. The van der Waals surface area contributed by atoms with Gasteiger partial charge in [0.25, 0.3) is 6.71 Å². The lowest BCUT2D eigenvalue weighted by molar-refractivity contribution is 0.339. The summed E-state index contributed by atoms with van der Waals surface area (Å²) < 4.78 is 46.1. The van der Waals surface area contributed by atoms with E-state index in [2.05, 4.69) is 141 Å². The fourth-order valence-corrected chi connectivity index (χ4v) is 10.1. The van der Waals surface area contributed by atoms with Gasteiger partial charge in [0, 0.05) is 38.1 Å². The molecule has 4 heteroatoms. The number of aryl methyl sites for hydroxylation is 1. The Labute approximate surface area is 306 Å². The lowest BCUT2D eigenvalue weighted by atomic mass is 9.35. The van der Waals surface area contributed by atoms with Crippen LogP contribution in [0.4, 0.5) is 34.1 Å². The van der Waals surface area contributed by atoms with Crippen LogP contribution in [0.2, 0.25) is 0 Å². The minimum Gasteiger partial charge on any atom is -0.311 e. The number of benzene rings is 4. The highest BCUT2D eigenvalue weighted by molar-refractivity contribution is 7.29. The Bertz CT molecular complexity index is 2370. The Kier molecular flexibility index (Phi) is 5.86. The topological polar surface area (TPSA) is 6.48 Å². The largest absolute Gasteiger partial charge is 0.311 e. The highest BCUT2D eigenvalue weighted by Crippen LogP contribution is 2.56. The van der Waals surface area contributed by atoms with E-state index in [0.29, 0.717) is 0 Å². The van der Waals surface area contributed by atoms with Crippen molar-refractivity contribution in [3.8, 4) is 0 Å². The molecule has 0 saturated heterocycles. The molecule has 49 heavy (non-hydrogen) atoms. The molecule has 3 aliphatic rings. The minimum absolute atomic E-state index is 0.00815. The van der Waals surface area contributed by atoms with Crippen LogP contribution in [0.15, 0.2) is 84.8 Å². The SMILES string of the molecule is [2H]c1c([2H])c([2H])c(N2c3cc(C)cc4c3B(c3cc(C(C)(C)C)ccc3N4c3ccc(C(C)(C)C)cc3)c3sc4c(c32)C(C)(C)CCC4(C)C)c([2H])c1[2H]. The summed E-state index contributed by atoms with van der Waals surface area (Å²) in [4.78, 5) is 5.81. The number of hydrogen-bond donors (Lipinski definition) is 0. The van der Waals surface area contributed by atoms with E-state index in [9.17, 15) is 2.74 Å². The molecule has 0 unspecified atom stereocenters. The summed E-state index contributed by atoms with van der Waals surface area (Å²) in [6.45, 7) is 24.8. The molecular formula is C45H51BN2S. The van der Waals surface area contributed by atoms with Crippen molar-refractivity contribution in [3.05, 3.63) is 112 Å². The molecule has 0 saturated carbocycles. The molecule has 250 valence electrons. The lowest BCUT2D eigenvalue weighted by Gasteiger charge is -2.45. The van der Waals surface area contributed by atoms with Crippen molar-refractivity contribution in [1.82, 2.24) is 0 Å². The Morgan fingerprint density at radius 2 is 1.29 bits per heavy atom. The van der Waals surface area contributed by atoms with Gasteiger partial charge < -0.3 is 9.80 Å². The van der Waals surface area contributed by atoms with Gasteiger partial charge in [0.05, 0.1) is 12.5 Å². The van der Waals surface area contributed by atoms with E-state index in [1.54, 1.807) is 0 Å².